The fourth-order valence-corrected chi connectivity index (χ4v) is 3.94. The molecule has 1 rings (SSSR count). The molecule has 0 aliphatic heterocycles. The van der Waals surface area contributed by atoms with Crippen molar-refractivity contribution in [1.29, 1.82) is 0 Å². The molecule has 0 spiro atoms. The molecule has 0 atom stereocenters. The lowest BCUT2D eigenvalue weighted by Gasteiger charge is -2.21. The predicted molar refractivity (Wildman–Crippen MR) is 77.2 cm³/mol. The number of hydrogen-bond donors (Lipinski definition) is 0. The predicted octanol–water partition coefficient (Wildman–Crippen LogP) is 2.71. The topological polar surface area (TPSA) is 80.5 Å². The summed E-state index contributed by atoms with van der Waals surface area (Å²) in [4.78, 5) is 10.4. The molecule has 112 valence electrons. The Morgan fingerprint density at radius 1 is 1.20 bits per heavy atom. The number of rotatable bonds is 7. The van der Waals surface area contributed by atoms with Crippen LogP contribution in [0, 0.1) is 17.0 Å². The fourth-order valence-electron chi connectivity index (χ4n) is 2.07. The Bertz CT molecular complexity index is 578. The largest absolute Gasteiger partial charge is 0.273 e. The van der Waals surface area contributed by atoms with E-state index in [0.29, 0.717) is 25.9 Å². The molecule has 0 heterocycles. The molecule has 0 saturated heterocycles. The summed E-state index contributed by atoms with van der Waals surface area (Å²) < 4.78 is 26.6. The standard InChI is InChI=1S/C13H20N2O4S/c1-4-9-14(10-5-2)20(18,19)13-8-6-7-12(11(13)3)15(16)17/h6-8H,4-5,9-10H2,1-3H3. The van der Waals surface area contributed by atoms with E-state index in [1.54, 1.807) is 0 Å². The summed E-state index contributed by atoms with van der Waals surface area (Å²) in [6, 6.07) is 4.16. The minimum Gasteiger partial charge on any atom is -0.258 e. The van der Waals surface area contributed by atoms with Crippen LogP contribution in [0.1, 0.15) is 32.3 Å². The summed E-state index contributed by atoms with van der Waals surface area (Å²) in [6.07, 6.45) is 1.40. The van der Waals surface area contributed by atoms with Crippen molar-refractivity contribution in [2.45, 2.75) is 38.5 Å². The van der Waals surface area contributed by atoms with Gasteiger partial charge in [-0.05, 0) is 25.8 Å². The van der Waals surface area contributed by atoms with Gasteiger partial charge in [-0.2, -0.15) is 4.31 Å². The SMILES string of the molecule is CCCN(CCC)S(=O)(=O)c1cccc([N+](=O)[O-])c1C. The first kappa shape index (κ1) is 16.6. The molecule has 0 fully saturated rings. The van der Waals surface area contributed by atoms with Crippen LogP contribution in [-0.4, -0.2) is 30.7 Å². The molecule has 0 aliphatic rings. The molecule has 0 aromatic heterocycles. The number of nitrogens with zero attached hydrogens (tertiary/aromatic N) is 2. The van der Waals surface area contributed by atoms with E-state index < -0.39 is 14.9 Å². The highest BCUT2D eigenvalue weighted by molar-refractivity contribution is 7.89. The zero-order valence-electron chi connectivity index (χ0n) is 12.0. The molecule has 0 saturated carbocycles. The lowest BCUT2D eigenvalue weighted by atomic mass is 10.2. The maximum absolute atomic E-state index is 12.6. The van der Waals surface area contributed by atoms with Crippen LogP contribution in [0.15, 0.2) is 23.1 Å². The molecule has 1 aromatic carbocycles. The summed E-state index contributed by atoms with van der Waals surface area (Å²) in [5.74, 6) is 0. The number of sulfonamides is 1. The lowest BCUT2D eigenvalue weighted by Crippen LogP contribution is -2.33. The molecule has 0 unspecified atom stereocenters. The molecule has 0 amide bonds. The molecular formula is C13H20N2O4S. The first-order valence-corrected chi connectivity index (χ1v) is 8.04. The third-order valence-corrected chi connectivity index (χ3v) is 5.06. The summed E-state index contributed by atoms with van der Waals surface area (Å²) in [5, 5.41) is 10.9. The van der Waals surface area contributed by atoms with Gasteiger partial charge in [-0.15, -0.1) is 0 Å². The van der Waals surface area contributed by atoms with Gasteiger partial charge in [0.25, 0.3) is 5.69 Å². The van der Waals surface area contributed by atoms with Gasteiger partial charge in [0.05, 0.1) is 9.82 Å². The van der Waals surface area contributed by atoms with E-state index in [-0.39, 0.29) is 16.1 Å². The van der Waals surface area contributed by atoms with Gasteiger partial charge >= 0.3 is 0 Å². The highest BCUT2D eigenvalue weighted by atomic mass is 32.2. The third kappa shape index (κ3) is 3.34. The smallest absolute Gasteiger partial charge is 0.258 e. The molecular weight excluding hydrogens is 280 g/mol. The summed E-state index contributed by atoms with van der Waals surface area (Å²) >= 11 is 0. The van der Waals surface area contributed by atoms with Gasteiger partial charge in [-0.1, -0.05) is 19.9 Å². The maximum Gasteiger partial charge on any atom is 0.273 e. The van der Waals surface area contributed by atoms with Gasteiger partial charge in [0, 0.05) is 24.7 Å². The average molecular weight is 300 g/mol. The van der Waals surface area contributed by atoms with Crippen molar-refractivity contribution < 1.29 is 13.3 Å². The molecule has 0 bridgehead atoms. The first-order chi connectivity index (χ1) is 9.36. The molecule has 7 heteroatoms. The van der Waals surface area contributed by atoms with Crippen LogP contribution in [0.3, 0.4) is 0 Å². The number of benzene rings is 1. The van der Waals surface area contributed by atoms with Crippen molar-refractivity contribution >= 4 is 15.7 Å². The zero-order valence-corrected chi connectivity index (χ0v) is 12.8. The second-order valence-electron chi connectivity index (χ2n) is 4.56. The zero-order chi connectivity index (χ0) is 15.3. The van der Waals surface area contributed by atoms with E-state index in [1.807, 2.05) is 13.8 Å². The summed E-state index contributed by atoms with van der Waals surface area (Å²) in [5.41, 5.74) is 0.0220. The lowest BCUT2D eigenvalue weighted by molar-refractivity contribution is -0.385. The first-order valence-electron chi connectivity index (χ1n) is 6.60. The van der Waals surface area contributed by atoms with Crippen molar-refractivity contribution in [3.05, 3.63) is 33.9 Å². The van der Waals surface area contributed by atoms with E-state index in [4.69, 9.17) is 0 Å². The van der Waals surface area contributed by atoms with E-state index in [9.17, 15) is 18.5 Å². The van der Waals surface area contributed by atoms with Crippen molar-refractivity contribution in [3.8, 4) is 0 Å². The Hall–Kier alpha value is -1.47. The highest BCUT2D eigenvalue weighted by Crippen LogP contribution is 2.27. The Morgan fingerprint density at radius 3 is 2.20 bits per heavy atom. The number of hydrogen-bond acceptors (Lipinski definition) is 4. The highest BCUT2D eigenvalue weighted by Gasteiger charge is 2.27. The van der Waals surface area contributed by atoms with Gasteiger partial charge < -0.3 is 0 Å². The van der Waals surface area contributed by atoms with Gasteiger partial charge in [-0.25, -0.2) is 8.42 Å². The van der Waals surface area contributed by atoms with Crippen molar-refractivity contribution in [2.24, 2.45) is 0 Å². The van der Waals surface area contributed by atoms with Crippen molar-refractivity contribution in [3.63, 3.8) is 0 Å². The average Bonchev–Trinajstić information content (AvgIpc) is 2.38. The Morgan fingerprint density at radius 2 is 1.75 bits per heavy atom. The van der Waals surface area contributed by atoms with E-state index >= 15 is 0 Å². The van der Waals surface area contributed by atoms with E-state index in [1.165, 1.54) is 29.4 Å². The van der Waals surface area contributed by atoms with Crippen LogP contribution in [0.25, 0.3) is 0 Å². The van der Waals surface area contributed by atoms with Crippen LogP contribution in [0.2, 0.25) is 0 Å². The molecule has 20 heavy (non-hydrogen) atoms. The van der Waals surface area contributed by atoms with Crippen LogP contribution in [-0.2, 0) is 10.0 Å². The second-order valence-corrected chi connectivity index (χ2v) is 6.47. The third-order valence-electron chi connectivity index (χ3n) is 3.02. The minimum absolute atomic E-state index is 0.0219. The Labute approximate surface area is 119 Å². The van der Waals surface area contributed by atoms with Crippen molar-refractivity contribution in [1.82, 2.24) is 4.31 Å². The summed E-state index contributed by atoms with van der Waals surface area (Å²) in [6.45, 7) is 6.11. The number of nitro benzene ring substituents is 1. The maximum atomic E-state index is 12.6. The molecule has 0 radical (unpaired) electrons. The second kappa shape index (κ2) is 6.81. The Kier molecular flexibility index (Phi) is 5.64. The van der Waals surface area contributed by atoms with E-state index in [2.05, 4.69) is 0 Å². The fraction of sp³-hybridized carbons (Fsp3) is 0.538. The van der Waals surface area contributed by atoms with Crippen molar-refractivity contribution in [2.75, 3.05) is 13.1 Å². The van der Waals surface area contributed by atoms with Crippen LogP contribution in [0.5, 0.6) is 0 Å². The van der Waals surface area contributed by atoms with Crippen LogP contribution in [0.4, 0.5) is 5.69 Å². The van der Waals surface area contributed by atoms with Gasteiger partial charge in [0.1, 0.15) is 0 Å². The van der Waals surface area contributed by atoms with Crippen LogP contribution >= 0.6 is 0 Å². The molecule has 1 aromatic rings. The minimum atomic E-state index is -3.68. The number of nitro groups is 1. The molecule has 6 nitrogen and oxygen atoms in total. The summed E-state index contributed by atoms with van der Waals surface area (Å²) in [7, 11) is -3.68. The normalized spacial score (nSPS) is 11.8. The molecule has 0 aliphatic carbocycles. The molecule has 0 N–H and O–H groups in total. The van der Waals surface area contributed by atoms with E-state index in [0.717, 1.165) is 0 Å². The Balaban J connectivity index is 3.34. The quantitative estimate of drug-likeness (QED) is 0.572. The monoisotopic (exact) mass is 300 g/mol. The van der Waals surface area contributed by atoms with Gasteiger partial charge in [0.2, 0.25) is 10.0 Å². The van der Waals surface area contributed by atoms with Gasteiger partial charge in [0.15, 0.2) is 0 Å². The van der Waals surface area contributed by atoms with Crippen LogP contribution < -0.4 is 0 Å². The van der Waals surface area contributed by atoms with Gasteiger partial charge in [-0.3, -0.25) is 10.1 Å².